The highest BCUT2D eigenvalue weighted by Gasteiger charge is 2.16. The molecule has 1 N–H and O–H groups in total. The second-order valence-corrected chi connectivity index (χ2v) is 6.88. The van der Waals surface area contributed by atoms with Crippen molar-refractivity contribution in [1.82, 2.24) is 0 Å². The third-order valence-corrected chi connectivity index (χ3v) is 5.08. The molecule has 0 aliphatic heterocycles. The van der Waals surface area contributed by atoms with Crippen molar-refractivity contribution in [1.29, 1.82) is 0 Å². The molecule has 3 aromatic rings. The van der Waals surface area contributed by atoms with Gasteiger partial charge in [0.25, 0.3) is 0 Å². The van der Waals surface area contributed by atoms with E-state index in [2.05, 4.69) is 0 Å². The van der Waals surface area contributed by atoms with Crippen molar-refractivity contribution in [2.24, 2.45) is 0 Å². The van der Waals surface area contributed by atoms with Gasteiger partial charge in [0.05, 0.1) is 12.7 Å². The Morgan fingerprint density at radius 3 is 2.59 bits per heavy atom. The van der Waals surface area contributed by atoms with Crippen LogP contribution in [0, 0.1) is 6.92 Å². The second-order valence-electron chi connectivity index (χ2n) is 5.93. The number of carbonyl (C=O) groups is 1. The van der Waals surface area contributed by atoms with Crippen LogP contribution in [0.15, 0.2) is 60.0 Å². The van der Waals surface area contributed by atoms with Crippen LogP contribution in [0.3, 0.4) is 0 Å². The summed E-state index contributed by atoms with van der Waals surface area (Å²) in [5, 5.41) is 11.5. The summed E-state index contributed by atoms with van der Waals surface area (Å²) < 4.78 is 11.5. The summed E-state index contributed by atoms with van der Waals surface area (Å²) in [5.41, 5.74) is 3.08. The number of carboxylic acids is 1. The highest BCUT2D eigenvalue weighted by molar-refractivity contribution is 7.11. The van der Waals surface area contributed by atoms with Crippen molar-refractivity contribution in [2.75, 3.05) is 7.11 Å². The van der Waals surface area contributed by atoms with Gasteiger partial charge in [-0.05, 0) is 41.6 Å². The van der Waals surface area contributed by atoms with Crippen molar-refractivity contribution in [3.8, 4) is 11.5 Å². The number of carboxylic acid groups (broad SMARTS) is 1. The summed E-state index contributed by atoms with van der Waals surface area (Å²) in [6, 6.07) is 17.1. The molecule has 0 aliphatic carbocycles. The lowest BCUT2D eigenvalue weighted by Crippen LogP contribution is -2.02. The number of hydrogen-bond acceptors (Lipinski definition) is 4. The molecule has 0 amide bonds. The Bertz CT molecular complexity index is 958. The number of aliphatic carboxylic acids is 1. The molecule has 0 saturated carbocycles. The van der Waals surface area contributed by atoms with E-state index in [1.807, 2.05) is 54.8 Å². The van der Waals surface area contributed by atoms with Gasteiger partial charge < -0.3 is 14.6 Å². The molecule has 1 aromatic heterocycles. The maximum atomic E-state index is 11.8. The number of aryl methyl sites for hydroxylation is 1. The number of hydrogen-bond donors (Lipinski definition) is 1. The molecule has 3 rings (SSSR count). The fourth-order valence-electron chi connectivity index (χ4n) is 2.71. The van der Waals surface area contributed by atoms with E-state index in [4.69, 9.17) is 9.47 Å². The summed E-state index contributed by atoms with van der Waals surface area (Å²) in [5.74, 6) is 0.108. The highest BCUT2D eigenvalue weighted by atomic mass is 32.1. The second kappa shape index (κ2) is 8.56. The summed E-state index contributed by atoms with van der Waals surface area (Å²) in [6.07, 6.45) is 1.63. The molecule has 0 aliphatic rings. The van der Waals surface area contributed by atoms with Gasteiger partial charge in [-0.3, -0.25) is 0 Å². The lowest BCUT2D eigenvalue weighted by Gasteiger charge is -2.15. The molecule has 0 spiro atoms. The normalized spacial score (nSPS) is 11.3. The first-order valence-corrected chi connectivity index (χ1v) is 9.31. The Kier molecular flexibility index (Phi) is 5.94. The standard InChI is InChI=1S/C22H20O4S/c1-15-7-3-4-8-17(15)14-26-21-16(9-5-10-19(21)25-2)13-18(22(23)24)20-11-6-12-27-20/h3-13H,14H2,1-2H3,(H,23,24)/b18-13-. The number of para-hydroxylation sites is 1. The fourth-order valence-corrected chi connectivity index (χ4v) is 3.44. The summed E-state index contributed by atoms with van der Waals surface area (Å²) in [7, 11) is 1.57. The van der Waals surface area contributed by atoms with Gasteiger partial charge in [-0.1, -0.05) is 42.5 Å². The average Bonchev–Trinajstić information content (AvgIpc) is 3.19. The van der Waals surface area contributed by atoms with Crippen molar-refractivity contribution >= 4 is 29.0 Å². The van der Waals surface area contributed by atoms with Crippen LogP contribution >= 0.6 is 11.3 Å². The van der Waals surface area contributed by atoms with Gasteiger partial charge in [0, 0.05) is 10.4 Å². The van der Waals surface area contributed by atoms with Gasteiger partial charge in [0.15, 0.2) is 11.5 Å². The third-order valence-electron chi connectivity index (χ3n) is 4.18. The summed E-state index contributed by atoms with van der Waals surface area (Å²) in [4.78, 5) is 12.4. The van der Waals surface area contributed by atoms with Gasteiger partial charge >= 0.3 is 5.97 Å². The predicted molar refractivity (Wildman–Crippen MR) is 108 cm³/mol. The van der Waals surface area contributed by atoms with E-state index in [1.165, 1.54) is 11.3 Å². The fraction of sp³-hybridized carbons (Fsp3) is 0.136. The van der Waals surface area contributed by atoms with Crippen LogP contribution in [0.1, 0.15) is 21.6 Å². The highest BCUT2D eigenvalue weighted by Crippen LogP contribution is 2.35. The van der Waals surface area contributed by atoms with Crippen LogP contribution in [0.25, 0.3) is 11.6 Å². The van der Waals surface area contributed by atoms with Gasteiger partial charge in [-0.25, -0.2) is 4.79 Å². The number of ether oxygens (including phenoxy) is 2. The molecule has 0 fully saturated rings. The molecule has 2 aromatic carbocycles. The Morgan fingerprint density at radius 1 is 1.11 bits per heavy atom. The molecule has 1 heterocycles. The number of rotatable bonds is 7. The van der Waals surface area contributed by atoms with Gasteiger partial charge in [0.2, 0.25) is 0 Å². The Hall–Kier alpha value is -3.05. The third kappa shape index (κ3) is 4.38. The molecule has 4 nitrogen and oxygen atoms in total. The van der Waals surface area contributed by atoms with Crippen molar-refractivity contribution in [3.05, 3.63) is 81.5 Å². The molecule has 138 valence electrons. The van der Waals surface area contributed by atoms with Crippen molar-refractivity contribution < 1.29 is 19.4 Å². The topological polar surface area (TPSA) is 55.8 Å². The first kappa shape index (κ1) is 18.7. The van der Waals surface area contributed by atoms with Crippen LogP contribution in [0.5, 0.6) is 11.5 Å². The maximum Gasteiger partial charge on any atom is 0.337 e. The quantitative estimate of drug-likeness (QED) is 0.567. The van der Waals surface area contributed by atoms with Gasteiger partial charge in [-0.15, -0.1) is 11.3 Å². The zero-order chi connectivity index (χ0) is 19.2. The predicted octanol–water partition coefficient (Wildman–Crippen LogP) is 5.27. The monoisotopic (exact) mass is 380 g/mol. The van der Waals surface area contributed by atoms with E-state index in [-0.39, 0.29) is 5.57 Å². The van der Waals surface area contributed by atoms with Gasteiger partial charge in [0.1, 0.15) is 6.61 Å². The SMILES string of the molecule is COc1cccc(/C=C(\C(=O)O)c2cccs2)c1OCc1ccccc1C. The minimum absolute atomic E-state index is 0.221. The number of methoxy groups -OCH3 is 1. The van der Waals surface area contributed by atoms with E-state index < -0.39 is 5.97 Å². The van der Waals surface area contributed by atoms with Gasteiger partial charge in [-0.2, -0.15) is 0 Å². The van der Waals surface area contributed by atoms with Crippen molar-refractivity contribution in [3.63, 3.8) is 0 Å². The maximum absolute atomic E-state index is 11.8. The van der Waals surface area contributed by atoms with E-state index in [0.717, 1.165) is 11.1 Å². The summed E-state index contributed by atoms with van der Waals surface area (Å²) >= 11 is 1.39. The minimum atomic E-state index is -0.981. The van der Waals surface area contributed by atoms with Crippen LogP contribution < -0.4 is 9.47 Å². The Morgan fingerprint density at radius 2 is 1.93 bits per heavy atom. The minimum Gasteiger partial charge on any atom is -0.493 e. The zero-order valence-corrected chi connectivity index (χ0v) is 16.0. The molecule has 27 heavy (non-hydrogen) atoms. The average molecular weight is 380 g/mol. The Labute approximate surface area is 162 Å². The smallest absolute Gasteiger partial charge is 0.337 e. The first-order chi connectivity index (χ1) is 13.1. The van der Waals surface area contributed by atoms with E-state index >= 15 is 0 Å². The van der Waals surface area contributed by atoms with Crippen LogP contribution in [0.2, 0.25) is 0 Å². The van der Waals surface area contributed by atoms with Crippen LogP contribution in [-0.4, -0.2) is 18.2 Å². The largest absolute Gasteiger partial charge is 0.493 e. The molecule has 0 radical (unpaired) electrons. The Balaban J connectivity index is 1.99. The summed E-state index contributed by atoms with van der Waals surface area (Å²) in [6.45, 7) is 2.40. The zero-order valence-electron chi connectivity index (χ0n) is 15.1. The van der Waals surface area contributed by atoms with E-state index in [0.29, 0.717) is 28.5 Å². The lowest BCUT2D eigenvalue weighted by atomic mass is 10.1. The molecule has 0 unspecified atom stereocenters. The molecular weight excluding hydrogens is 360 g/mol. The van der Waals surface area contributed by atoms with E-state index in [9.17, 15) is 9.90 Å². The van der Waals surface area contributed by atoms with Crippen molar-refractivity contribution in [2.45, 2.75) is 13.5 Å². The molecular formula is C22H20O4S. The molecule has 0 bridgehead atoms. The first-order valence-electron chi connectivity index (χ1n) is 8.43. The van der Waals surface area contributed by atoms with Crippen LogP contribution in [-0.2, 0) is 11.4 Å². The molecule has 5 heteroatoms. The van der Waals surface area contributed by atoms with E-state index in [1.54, 1.807) is 25.3 Å². The molecule has 0 saturated heterocycles. The lowest BCUT2D eigenvalue weighted by molar-refractivity contribution is -0.130. The molecule has 0 atom stereocenters. The number of thiophene rings is 1. The number of benzene rings is 2. The van der Waals surface area contributed by atoms with Crippen LogP contribution in [0.4, 0.5) is 0 Å².